The lowest BCUT2D eigenvalue weighted by Gasteiger charge is -2.14. The molecule has 2 N–H and O–H groups in total. The molecule has 22 heavy (non-hydrogen) atoms. The zero-order valence-corrected chi connectivity index (χ0v) is 13.2. The molecule has 1 aromatic carbocycles. The van der Waals surface area contributed by atoms with Gasteiger partial charge in [0.1, 0.15) is 12.4 Å². The lowest BCUT2D eigenvalue weighted by molar-refractivity contribution is -0.375. The number of tetrazole rings is 1. The molecule has 0 amide bonds. The highest BCUT2D eigenvalue weighted by Gasteiger charge is 2.19. The number of H-pyrrole nitrogens is 2. The van der Waals surface area contributed by atoms with Gasteiger partial charge < -0.3 is 9.19 Å². The number of nitrogens with zero attached hydrogens (tertiary/aromatic N) is 4. The molecule has 3 aromatic rings. The Bertz CT molecular complexity index is 785. The first-order valence-corrected chi connectivity index (χ1v) is 7.85. The molecular weight excluding hydrogens is 304 g/mol. The van der Waals surface area contributed by atoms with E-state index >= 15 is 0 Å². The van der Waals surface area contributed by atoms with Crippen molar-refractivity contribution in [3.63, 3.8) is 0 Å². The lowest BCUT2D eigenvalue weighted by atomic mass is 10.1. The third-order valence-corrected chi connectivity index (χ3v) is 4.60. The zero-order valence-electron chi connectivity index (χ0n) is 12.4. The molecule has 0 spiro atoms. The highest BCUT2D eigenvalue weighted by molar-refractivity contribution is 7.90. The van der Waals surface area contributed by atoms with Crippen LogP contribution < -0.4 is 4.98 Å². The fourth-order valence-electron chi connectivity index (χ4n) is 2.14. The maximum atomic E-state index is 12.2. The summed E-state index contributed by atoms with van der Waals surface area (Å²) in [6.45, 7) is 5.41. The van der Waals surface area contributed by atoms with Crippen molar-refractivity contribution in [1.82, 2.24) is 24.6 Å². The van der Waals surface area contributed by atoms with Crippen LogP contribution >= 0.6 is 0 Å². The fraction of sp³-hybridized carbons (Fsp3) is 0.231. The van der Waals surface area contributed by atoms with Crippen LogP contribution in [0, 0.1) is 27.1 Å². The largest absolute Gasteiger partial charge is 0.330 e. The summed E-state index contributed by atoms with van der Waals surface area (Å²) in [5.74, 6) is 0. The van der Waals surface area contributed by atoms with Gasteiger partial charge in [0.2, 0.25) is 6.33 Å². The summed E-state index contributed by atoms with van der Waals surface area (Å²) in [5, 5.41) is 9.89. The Balaban J connectivity index is 0.000000299. The van der Waals surface area contributed by atoms with Crippen molar-refractivity contribution in [3.05, 3.63) is 53.9 Å². The van der Waals surface area contributed by atoms with Gasteiger partial charge in [-0.2, -0.15) is 0 Å². The Hall–Kier alpha value is -2.55. The molecule has 0 bridgehead atoms. The van der Waals surface area contributed by atoms with E-state index in [1.165, 1.54) is 0 Å². The van der Waals surface area contributed by atoms with Crippen molar-refractivity contribution in [2.75, 3.05) is 0 Å². The molecule has 0 aliphatic heterocycles. The first kappa shape index (κ1) is 15.8. The molecule has 116 valence electrons. The molecule has 0 saturated heterocycles. The number of hydrogen-bond donors (Lipinski definition) is 1. The van der Waals surface area contributed by atoms with E-state index in [-0.39, 0.29) is 4.90 Å². The van der Waals surface area contributed by atoms with Crippen molar-refractivity contribution < 1.29 is 13.4 Å². The smallest absolute Gasteiger partial charge is 0.255 e. The molecule has 0 unspecified atom stereocenters. The SMILES string of the molecule is Cc1cc(C)c(S(=O)(=O)n2[c-]nnn2)c(C)c1.c1c[nH+]c[nH]1. The van der Waals surface area contributed by atoms with Crippen LogP contribution in [0.15, 0.2) is 35.7 Å². The maximum absolute atomic E-state index is 12.2. The topological polar surface area (TPSA) is 108 Å². The van der Waals surface area contributed by atoms with Crippen LogP contribution in [0.2, 0.25) is 0 Å². The minimum absolute atomic E-state index is 0.228. The summed E-state index contributed by atoms with van der Waals surface area (Å²) in [6.07, 6.45) is 7.59. The average molecular weight is 320 g/mol. The van der Waals surface area contributed by atoms with Crippen molar-refractivity contribution in [2.24, 2.45) is 0 Å². The molecule has 0 radical (unpaired) electrons. The second-order valence-corrected chi connectivity index (χ2v) is 6.37. The number of rotatable bonds is 2. The van der Waals surface area contributed by atoms with E-state index in [1.807, 2.05) is 31.5 Å². The minimum atomic E-state index is -3.75. The summed E-state index contributed by atoms with van der Waals surface area (Å²) >= 11 is 0. The molecule has 9 heteroatoms. The molecule has 0 aliphatic rings. The van der Waals surface area contributed by atoms with Crippen molar-refractivity contribution in [3.8, 4) is 0 Å². The molecule has 0 saturated carbocycles. The van der Waals surface area contributed by atoms with Crippen molar-refractivity contribution >= 4 is 10.0 Å². The van der Waals surface area contributed by atoms with Crippen LogP contribution in [0.1, 0.15) is 16.7 Å². The molecule has 8 nitrogen and oxygen atoms in total. The van der Waals surface area contributed by atoms with E-state index in [2.05, 4.69) is 31.8 Å². The first-order chi connectivity index (χ1) is 10.4. The van der Waals surface area contributed by atoms with E-state index in [9.17, 15) is 8.42 Å². The summed E-state index contributed by atoms with van der Waals surface area (Å²) < 4.78 is 25.1. The van der Waals surface area contributed by atoms with Crippen LogP contribution in [0.3, 0.4) is 0 Å². The number of nitrogens with one attached hydrogen (secondary N) is 2. The van der Waals surface area contributed by atoms with Gasteiger partial charge >= 0.3 is 0 Å². The van der Waals surface area contributed by atoms with Crippen LogP contribution in [0.5, 0.6) is 0 Å². The summed E-state index contributed by atoms with van der Waals surface area (Å²) in [4.78, 5) is 5.84. The van der Waals surface area contributed by atoms with Gasteiger partial charge in [-0.1, -0.05) is 28.1 Å². The molecule has 3 rings (SSSR count). The number of aromatic amines is 2. The Kier molecular flexibility index (Phi) is 4.66. The predicted molar refractivity (Wildman–Crippen MR) is 77.2 cm³/mol. The van der Waals surface area contributed by atoms with Gasteiger partial charge in [-0.3, -0.25) is 9.97 Å². The number of benzene rings is 1. The fourth-order valence-corrected chi connectivity index (χ4v) is 3.51. The van der Waals surface area contributed by atoms with Gasteiger partial charge in [-0.15, -0.1) is 0 Å². The van der Waals surface area contributed by atoms with E-state index in [4.69, 9.17) is 0 Å². The number of hydrogen-bond acceptors (Lipinski definition) is 5. The Morgan fingerprint density at radius 1 is 1.23 bits per heavy atom. The highest BCUT2D eigenvalue weighted by atomic mass is 32.2. The van der Waals surface area contributed by atoms with Gasteiger partial charge in [-0.25, -0.2) is 14.7 Å². The third-order valence-electron chi connectivity index (χ3n) is 2.83. The Morgan fingerprint density at radius 3 is 2.32 bits per heavy atom. The molecule has 0 aliphatic carbocycles. The lowest BCUT2D eigenvalue weighted by Crippen LogP contribution is -2.16. The normalized spacial score (nSPS) is 10.9. The summed E-state index contributed by atoms with van der Waals surface area (Å²) in [6, 6.07) is 3.62. The number of imidazole rings is 1. The monoisotopic (exact) mass is 320 g/mol. The average Bonchev–Trinajstić information content (AvgIpc) is 3.14. The van der Waals surface area contributed by atoms with Gasteiger partial charge in [0.05, 0.1) is 4.90 Å². The third kappa shape index (κ3) is 3.37. The Labute approximate surface area is 128 Å². The maximum Gasteiger partial charge on any atom is 0.255 e. The van der Waals surface area contributed by atoms with Gasteiger partial charge in [-0.05, 0) is 31.9 Å². The van der Waals surface area contributed by atoms with Crippen molar-refractivity contribution in [1.29, 1.82) is 0 Å². The second-order valence-electron chi connectivity index (χ2n) is 4.67. The van der Waals surface area contributed by atoms with Crippen LogP contribution in [0.25, 0.3) is 0 Å². The van der Waals surface area contributed by atoms with Crippen LogP contribution in [-0.4, -0.2) is 33.0 Å². The van der Waals surface area contributed by atoms with Crippen LogP contribution in [0.4, 0.5) is 0 Å². The second kappa shape index (κ2) is 6.48. The van der Waals surface area contributed by atoms with Gasteiger partial charge in [0.25, 0.3) is 10.0 Å². The standard InChI is InChI=1S/C10H11N4O2S.C3H4N2/c1-7-4-8(2)10(9(3)5-7)17(15,16)14-6-11-12-13-14;1-2-5-3-4-1/h4-5H,1-3H3;1-3H,(H,4,5)/q-1;/p+1. The molecule has 0 fully saturated rings. The minimum Gasteiger partial charge on any atom is -0.330 e. The number of aromatic nitrogens is 6. The molecular formula is C13H16N6O2S. The van der Waals surface area contributed by atoms with Gasteiger partial charge in [0, 0.05) is 0 Å². The van der Waals surface area contributed by atoms with Gasteiger partial charge in [0.15, 0.2) is 0 Å². The quantitative estimate of drug-likeness (QED) is 0.690. The Morgan fingerprint density at radius 2 is 1.91 bits per heavy atom. The van der Waals surface area contributed by atoms with Crippen LogP contribution in [-0.2, 0) is 10.0 Å². The van der Waals surface area contributed by atoms with Crippen molar-refractivity contribution in [2.45, 2.75) is 25.7 Å². The first-order valence-electron chi connectivity index (χ1n) is 6.41. The van der Waals surface area contributed by atoms with E-state index < -0.39 is 10.0 Å². The summed E-state index contributed by atoms with van der Waals surface area (Å²) in [7, 11) is -3.75. The van der Waals surface area contributed by atoms with E-state index in [0.717, 1.165) is 5.56 Å². The summed E-state index contributed by atoms with van der Waals surface area (Å²) in [5.41, 5.74) is 2.36. The molecule has 2 heterocycles. The zero-order chi connectivity index (χ0) is 16.2. The molecule has 2 aromatic heterocycles. The predicted octanol–water partition coefficient (Wildman–Crippen LogP) is 0.464. The van der Waals surface area contributed by atoms with E-state index in [1.54, 1.807) is 20.2 Å². The van der Waals surface area contributed by atoms with E-state index in [0.29, 0.717) is 15.2 Å². The molecule has 0 atom stereocenters. The number of aryl methyl sites for hydroxylation is 3. The highest BCUT2D eigenvalue weighted by Crippen LogP contribution is 2.22.